The number of rotatable bonds is 4. The monoisotopic (exact) mass is 184 g/mol. The SMILES string of the molecule is CC(N)CN(C)Cc1ccsc1. The van der Waals surface area contributed by atoms with Crippen LogP contribution >= 0.6 is 11.3 Å². The predicted octanol–water partition coefficient (Wildman–Crippen LogP) is 1.53. The van der Waals surface area contributed by atoms with Gasteiger partial charge in [0, 0.05) is 19.1 Å². The lowest BCUT2D eigenvalue weighted by Gasteiger charge is -2.17. The van der Waals surface area contributed by atoms with Crippen LogP contribution in [0.3, 0.4) is 0 Å². The van der Waals surface area contributed by atoms with Crippen LogP contribution in [0.1, 0.15) is 12.5 Å². The molecule has 3 heteroatoms. The van der Waals surface area contributed by atoms with E-state index in [0.29, 0.717) is 0 Å². The molecule has 0 saturated carbocycles. The van der Waals surface area contributed by atoms with Crippen LogP contribution in [0, 0.1) is 0 Å². The summed E-state index contributed by atoms with van der Waals surface area (Å²) in [6.45, 7) is 3.99. The second-order valence-electron chi connectivity index (χ2n) is 3.31. The van der Waals surface area contributed by atoms with Crippen LogP contribution in [0.2, 0.25) is 0 Å². The molecule has 0 spiro atoms. The number of thiophene rings is 1. The van der Waals surface area contributed by atoms with E-state index >= 15 is 0 Å². The lowest BCUT2D eigenvalue weighted by molar-refractivity contribution is 0.310. The summed E-state index contributed by atoms with van der Waals surface area (Å²) >= 11 is 1.74. The predicted molar refractivity (Wildman–Crippen MR) is 54.3 cm³/mol. The van der Waals surface area contributed by atoms with E-state index in [-0.39, 0.29) is 6.04 Å². The number of nitrogens with two attached hydrogens (primary N) is 1. The average molecular weight is 184 g/mol. The molecule has 2 N–H and O–H groups in total. The summed E-state index contributed by atoms with van der Waals surface area (Å²) in [5.41, 5.74) is 7.06. The van der Waals surface area contributed by atoms with Gasteiger partial charge in [-0.15, -0.1) is 0 Å². The molecule has 1 atom stereocenters. The van der Waals surface area contributed by atoms with Gasteiger partial charge in [0.1, 0.15) is 0 Å². The van der Waals surface area contributed by atoms with Crippen molar-refractivity contribution in [2.75, 3.05) is 13.6 Å². The Morgan fingerprint density at radius 2 is 2.42 bits per heavy atom. The van der Waals surface area contributed by atoms with Crippen LogP contribution in [0.5, 0.6) is 0 Å². The number of nitrogens with zero attached hydrogens (tertiary/aromatic N) is 1. The molecule has 0 bridgehead atoms. The number of hydrogen-bond donors (Lipinski definition) is 1. The van der Waals surface area contributed by atoms with Gasteiger partial charge >= 0.3 is 0 Å². The van der Waals surface area contributed by atoms with Crippen LogP contribution < -0.4 is 5.73 Å². The third-order valence-corrected chi connectivity index (χ3v) is 2.36. The third kappa shape index (κ3) is 3.34. The van der Waals surface area contributed by atoms with Crippen molar-refractivity contribution in [1.82, 2.24) is 4.90 Å². The van der Waals surface area contributed by atoms with Crippen LogP contribution in [-0.4, -0.2) is 24.5 Å². The third-order valence-electron chi connectivity index (χ3n) is 1.63. The number of likely N-dealkylation sites (N-methyl/N-ethyl adjacent to an activating group) is 1. The van der Waals surface area contributed by atoms with Crippen LogP contribution in [0.4, 0.5) is 0 Å². The summed E-state index contributed by atoms with van der Waals surface area (Å²) in [6, 6.07) is 2.41. The smallest absolute Gasteiger partial charge is 0.0239 e. The maximum absolute atomic E-state index is 5.68. The van der Waals surface area contributed by atoms with Gasteiger partial charge in [0.25, 0.3) is 0 Å². The van der Waals surface area contributed by atoms with Crippen LogP contribution in [0.15, 0.2) is 16.8 Å². The van der Waals surface area contributed by atoms with Gasteiger partial charge in [-0.2, -0.15) is 11.3 Å². The largest absolute Gasteiger partial charge is 0.327 e. The Bertz CT molecular complexity index is 206. The average Bonchev–Trinajstić information content (AvgIpc) is 2.37. The maximum Gasteiger partial charge on any atom is 0.0239 e. The van der Waals surface area contributed by atoms with Crippen molar-refractivity contribution in [3.8, 4) is 0 Å². The normalized spacial score (nSPS) is 13.7. The van der Waals surface area contributed by atoms with E-state index in [9.17, 15) is 0 Å². The summed E-state index contributed by atoms with van der Waals surface area (Å²) in [5.74, 6) is 0. The molecule has 0 aliphatic heterocycles. The van der Waals surface area contributed by atoms with Gasteiger partial charge in [-0.1, -0.05) is 0 Å². The van der Waals surface area contributed by atoms with Crippen molar-refractivity contribution >= 4 is 11.3 Å². The van der Waals surface area contributed by atoms with Gasteiger partial charge in [-0.25, -0.2) is 0 Å². The topological polar surface area (TPSA) is 29.3 Å². The molecule has 0 aliphatic rings. The highest BCUT2D eigenvalue weighted by Crippen LogP contribution is 2.08. The van der Waals surface area contributed by atoms with Crippen molar-refractivity contribution in [2.45, 2.75) is 19.5 Å². The Hall–Kier alpha value is -0.380. The lowest BCUT2D eigenvalue weighted by Crippen LogP contribution is -2.32. The van der Waals surface area contributed by atoms with Crippen molar-refractivity contribution < 1.29 is 0 Å². The van der Waals surface area contributed by atoms with E-state index in [4.69, 9.17) is 5.73 Å². The van der Waals surface area contributed by atoms with Crippen molar-refractivity contribution in [3.05, 3.63) is 22.4 Å². The molecule has 0 amide bonds. The molecule has 0 fully saturated rings. The molecule has 1 heterocycles. The molecule has 68 valence electrons. The fourth-order valence-electron chi connectivity index (χ4n) is 1.25. The molecule has 1 unspecified atom stereocenters. The van der Waals surface area contributed by atoms with Crippen LogP contribution in [0.25, 0.3) is 0 Å². The highest BCUT2D eigenvalue weighted by atomic mass is 32.1. The molecule has 12 heavy (non-hydrogen) atoms. The van der Waals surface area contributed by atoms with Crippen molar-refractivity contribution in [3.63, 3.8) is 0 Å². The van der Waals surface area contributed by atoms with Crippen molar-refractivity contribution in [2.24, 2.45) is 5.73 Å². The van der Waals surface area contributed by atoms with E-state index in [2.05, 4.69) is 28.8 Å². The molecule has 0 saturated heterocycles. The Labute approximate surface area is 78.0 Å². The molecule has 1 aromatic rings. The fraction of sp³-hybridized carbons (Fsp3) is 0.556. The summed E-state index contributed by atoms with van der Waals surface area (Å²) < 4.78 is 0. The molecular formula is C9H16N2S. The lowest BCUT2D eigenvalue weighted by atomic mass is 10.3. The van der Waals surface area contributed by atoms with E-state index < -0.39 is 0 Å². The molecule has 1 aromatic heterocycles. The van der Waals surface area contributed by atoms with E-state index in [1.807, 2.05) is 6.92 Å². The minimum Gasteiger partial charge on any atom is -0.327 e. The minimum absolute atomic E-state index is 0.258. The van der Waals surface area contributed by atoms with Crippen LogP contribution in [-0.2, 0) is 6.54 Å². The zero-order valence-electron chi connectivity index (χ0n) is 7.66. The van der Waals surface area contributed by atoms with E-state index in [1.165, 1.54) is 5.56 Å². The van der Waals surface area contributed by atoms with Gasteiger partial charge in [0.2, 0.25) is 0 Å². The highest BCUT2D eigenvalue weighted by molar-refractivity contribution is 7.07. The first-order valence-electron chi connectivity index (χ1n) is 4.13. The van der Waals surface area contributed by atoms with Gasteiger partial charge in [0.15, 0.2) is 0 Å². The van der Waals surface area contributed by atoms with E-state index in [1.54, 1.807) is 11.3 Å². The molecular weight excluding hydrogens is 168 g/mol. The van der Waals surface area contributed by atoms with Crippen molar-refractivity contribution in [1.29, 1.82) is 0 Å². The minimum atomic E-state index is 0.258. The molecule has 2 nitrogen and oxygen atoms in total. The van der Waals surface area contributed by atoms with E-state index in [0.717, 1.165) is 13.1 Å². The number of hydrogen-bond acceptors (Lipinski definition) is 3. The first-order valence-corrected chi connectivity index (χ1v) is 5.08. The second-order valence-corrected chi connectivity index (χ2v) is 4.09. The first-order chi connectivity index (χ1) is 5.68. The zero-order valence-corrected chi connectivity index (χ0v) is 8.47. The second kappa shape index (κ2) is 4.60. The Balaban J connectivity index is 2.32. The molecule has 0 aliphatic carbocycles. The fourth-order valence-corrected chi connectivity index (χ4v) is 1.91. The molecule has 1 rings (SSSR count). The summed E-state index contributed by atoms with van der Waals surface area (Å²) in [5, 5.41) is 4.28. The Morgan fingerprint density at radius 3 is 2.92 bits per heavy atom. The first kappa shape index (κ1) is 9.71. The quantitative estimate of drug-likeness (QED) is 0.769. The summed E-state index contributed by atoms with van der Waals surface area (Å²) in [7, 11) is 2.10. The molecule has 0 aromatic carbocycles. The zero-order chi connectivity index (χ0) is 8.97. The Kier molecular flexibility index (Phi) is 3.72. The molecule has 0 radical (unpaired) electrons. The van der Waals surface area contributed by atoms with Gasteiger partial charge in [-0.05, 0) is 36.4 Å². The Morgan fingerprint density at radius 1 is 1.67 bits per heavy atom. The maximum atomic E-state index is 5.68. The summed E-state index contributed by atoms with van der Waals surface area (Å²) in [6.07, 6.45) is 0. The summed E-state index contributed by atoms with van der Waals surface area (Å²) in [4.78, 5) is 2.24. The van der Waals surface area contributed by atoms with Gasteiger partial charge in [0.05, 0.1) is 0 Å². The highest BCUT2D eigenvalue weighted by Gasteiger charge is 2.02. The van der Waals surface area contributed by atoms with Gasteiger partial charge < -0.3 is 10.6 Å². The van der Waals surface area contributed by atoms with Gasteiger partial charge in [-0.3, -0.25) is 0 Å². The standard InChI is InChI=1S/C9H16N2S/c1-8(10)5-11(2)6-9-3-4-12-7-9/h3-4,7-8H,5-6,10H2,1-2H3.